The van der Waals surface area contributed by atoms with E-state index in [1.807, 2.05) is 11.8 Å². The molecule has 2 aliphatic heterocycles. The third-order valence-electron chi connectivity index (χ3n) is 3.29. The zero-order valence-corrected chi connectivity index (χ0v) is 12.6. The van der Waals surface area contributed by atoms with Crippen LogP contribution in [0.15, 0.2) is 4.99 Å². The maximum Gasteiger partial charge on any atom is 0.303 e. The van der Waals surface area contributed by atoms with Gasteiger partial charge in [0.15, 0.2) is 15.0 Å². The van der Waals surface area contributed by atoms with E-state index in [4.69, 9.17) is 5.11 Å². The molecule has 20 heavy (non-hydrogen) atoms. The molecule has 0 aliphatic carbocycles. The van der Waals surface area contributed by atoms with Crippen molar-refractivity contribution < 1.29 is 23.1 Å². The van der Waals surface area contributed by atoms with Gasteiger partial charge in [-0.05, 0) is 6.92 Å². The topological polar surface area (TPSA) is 104 Å². The lowest BCUT2D eigenvalue weighted by Gasteiger charge is -2.22. The van der Waals surface area contributed by atoms with Crippen molar-refractivity contribution in [2.45, 2.75) is 31.1 Å². The molecule has 0 aromatic heterocycles. The number of carbonyl (C=O) groups is 2. The van der Waals surface area contributed by atoms with Crippen LogP contribution in [-0.4, -0.2) is 64.8 Å². The molecule has 9 heteroatoms. The largest absolute Gasteiger partial charge is 0.481 e. The number of carboxylic acids is 1. The molecule has 2 aliphatic rings. The molecule has 1 N–H and O–H groups in total. The summed E-state index contributed by atoms with van der Waals surface area (Å²) in [5.41, 5.74) is 0. The Labute approximate surface area is 121 Å². The van der Waals surface area contributed by atoms with Crippen molar-refractivity contribution in [1.29, 1.82) is 0 Å². The highest BCUT2D eigenvalue weighted by molar-refractivity contribution is 8.15. The number of rotatable bonds is 4. The second-order valence-corrected chi connectivity index (χ2v) is 8.13. The average molecular weight is 320 g/mol. The molecule has 0 radical (unpaired) electrons. The third kappa shape index (κ3) is 3.32. The molecule has 0 bridgehead atoms. The maximum absolute atomic E-state index is 11.6. The van der Waals surface area contributed by atoms with Gasteiger partial charge in [-0.15, -0.1) is 0 Å². The molecule has 0 aromatic carbocycles. The van der Waals surface area contributed by atoms with Crippen molar-refractivity contribution in [3.8, 4) is 0 Å². The standard InChI is InChI=1S/C11H16N2O5S2/c1-2-13-7-5-20(17,18)6-8(7)19-11(13)12-9(14)3-4-10(15)16/h7-8H,2-6H2,1H3,(H,15,16)/t7-,8+/m0/s1. The molecule has 2 atom stereocenters. The molecular weight excluding hydrogens is 304 g/mol. The average Bonchev–Trinajstić information content (AvgIpc) is 2.77. The monoisotopic (exact) mass is 320 g/mol. The van der Waals surface area contributed by atoms with Crippen molar-refractivity contribution in [3.63, 3.8) is 0 Å². The summed E-state index contributed by atoms with van der Waals surface area (Å²) in [5.74, 6) is -1.30. The van der Waals surface area contributed by atoms with E-state index < -0.39 is 21.7 Å². The summed E-state index contributed by atoms with van der Waals surface area (Å²) < 4.78 is 23.2. The zero-order valence-electron chi connectivity index (χ0n) is 11.0. The molecule has 2 rings (SSSR count). The number of sulfone groups is 1. The van der Waals surface area contributed by atoms with Crippen molar-refractivity contribution in [2.75, 3.05) is 18.1 Å². The molecule has 2 fully saturated rings. The first-order valence-electron chi connectivity index (χ1n) is 6.29. The van der Waals surface area contributed by atoms with E-state index in [-0.39, 0.29) is 35.6 Å². The first kappa shape index (κ1) is 15.3. The summed E-state index contributed by atoms with van der Waals surface area (Å²) in [6, 6.07) is -0.124. The highest BCUT2D eigenvalue weighted by atomic mass is 32.2. The van der Waals surface area contributed by atoms with Crippen LogP contribution in [0.3, 0.4) is 0 Å². The van der Waals surface area contributed by atoms with Crippen LogP contribution in [0.1, 0.15) is 19.8 Å². The van der Waals surface area contributed by atoms with Crippen LogP contribution < -0.4 is 0 Å². The van der Waals surface area contributed by atoms with Gasteiger partial charge in [0.2, 0.25) is 5.91 Å². The van der Waals surface area contributed by atoms with Gasteiger partial charge in [-0.1, -0.05) is 11.8 Å². The number of hydrogen-bond donors (Lipinski definition) is 1. The second-order valence-electron chi connectivity index (χ2n) is 4.77. The smallest absolute Gasteiger partial charge is 0.303 e. The number of hydrogen-bond acceptors (Lipinski definition) is 5. The number of thioether (sulfide) groups is 1. The molecular formula is C11H16N2O5S2. The van der Waals surface area contributed by atoms with Crippen molar-refractivity contribution in [3.05, 3.63) is 0 Å². The molecule has 0 saturated carbocycles. The van der Waals surface area contributed by atoms with E-state index in [1.165, 1.54) is 11.8 Å². The van der Waals surface area contributed by atoms with Gasteiger partial charge < -0.3 is 10.0 Å². The Morgan fingerprint density at radius 1 is 1.40 bits per heavy atom. The minimum atomic E-state index is -3.00. The number of aliphatic carboxylic acids is 1. The van der Waals surface area contributed by atoms with Gasteiger partial charge in [-0.2, -0.15) is 4.99 Å². The van der Waals surface area contributed by atoms with Crippen LogP contribution in [0.5, 0.6) is 0 Å². The van der Waals surface area contributed by atoms with E-state index in [9.17, 15) is 18.0 Å². The number of aliphatic imine (C=N–C) groups is 1. The van der Waals surface area contributed by atoms with Crippen LogP contribution in [0, 0.1) is 0 Å². The minimum Gasteiger partial charge on any atom is -0.481 e. The van der Waals surface area contributed by atoms with Gasteiger partial charge in [0.1, 0.15) is 0 Å². The number of fused-ring (bicyclic) bond motifs is 1. The van der Waals surface area contributed by atoms with E-state index in [0.29, 0.717) is 11.7 Å². The van der Waals surface area contributed by atoms with E-state index >= 15 is 0 Å². The quantitative estimate of drug-likeness (QED) is 0.775. The first-order chi connectivity index (χ1) is 9.32. The van der Waals surface area contributed by atoms with Gasteiger partial charge >= 0.3 is 5.97 Å². The Bertz CT molecular complexity index is 557. The number of amides is 1. The van der Waals surface area contributed by atoms with E-state index in [2.05, 4.69) is 4.99 Å². The predicted octanol–water partition coefficient (Wildman–Crippen LogP) is -0.0319. The molecule has 0 spiro atoms. The molecule has 1 amide bonds. The maximum atomic E-state index is 11.6. The van der Waals surface area contributed by atoms with Crippen LogP contribution >= 0.6 is 11.8 Å². The van der Waals surface area contributed by atoms with Gasteiger partial charge in [-0.3, -0.25) is 9.59 Å². The number of amidine groups is 1. The molecule has 0 unspecified atom stereocenters. The Kier molecular flexibility index (Phi) is 4.38. The van der Waals surface area contributed by atoms with Gasteiger partial charge in [0.05, 0.1) is 24.0 Å². The minimum absolute atomic E-state index is 0.0778. The van der Waals surface area contributed by atoms with Gasteiger partial charge in [0.25, 0.3) is 0 Å². The van der Waals surface area contributed by atoms with Crippen LogP contribution in [0.2, 0.25) is 0 Å². The number of nitrogens with zero attached hydrogens (tertiary/aromatic N) is 2. The number of carboxylic acid groups (broad SMARTS) is 1. The van der Waals surface area contributed by atoms with Crippen LogP contribution in [-0.2, 0) is 19.4 Å². The summed E-state index contributed by atoms with van der Waals surface area (Å²) >= 11 is 1.31. The SMILES string of the molecule is CCN1C(=NC(=O)CCC(=O)O)S[C@@H]2CS(=O)(=O)C[C@@H]21. The Balaban J connectivity index is 2.07. The third-order valence-corrected chi connectivity index (χ3v) is 6.54. The van der Waals surface area contributed by atoms with Gasteiger partial charge in [-0.25, -0.2) is 8.42 Å². The fraction of sp³-hybridized carbons (Fsp3) is 0.727. The van der Waals surface area contributed by atoms with Gasteiger partial charge in [0, 0.05) is 18.2 Å². The lowest BCUT2D eigenvalue weighted by molar-refractivity contribution is -0.138. The molecule has 0 aromatic rings. The molecule has 7 nitrogen and oxygen atoms in total. The summed E-state index contributed by atoms with van der Waals surface area (Å²) in [5, 5.41) is 8.97. The van der Waals surface area contributed by atoms with E-state index in [0.717, 1.165) is 0 Å². The zero-order chi connectivity index (χ0) is 14.9. The van der Waals surface area contributed by atoms with Crippen LogP contribution in [0.4, 0.5) is 0 Å². The normalized spacial score (nSPS) is 29.6. The molecule has 2 saturated heterocycles. The summed E-state index contributed by atoms with van der Waals surface area (Å²) in [4.78, 5) is 27.8. The fourth-order valence-corrected chi connectivity index (χ4v) is 6.41. The summed E-state index contributed by atoms with van der Waals surface area (Å²) in [7, 11) is -3.00. The second kappa shape index (κ2) is 5.72. The lowest BCUT2D eigenvalue weighted by atomic mass is 10.2. The van der Waals surface area contributed by atoms with Crippen molar-refractivity contribution in [2.24, 2.45) is 4.99 Å². The fourth-order valence-electron chi connectivity index (χ4n) is 2.38. The van der Waals surface area contributed by atoms with Crippen LogP contribution in [0.25, 0.3) is 0 Å². The molecule has 112 valence electrons. The lowest BCUT2D eigenvalue weighted by Crippen LogP contribution is -2.37. The number of carbonyl (C=O) groups excluding carboxylic acids is 1. The summed E-state index contributed by atoms with van der Waals surface area (Å²) in [6.45, 7) is 2.46. The predicted molar refractivity (Wildman–Crippen MR) is 75.5 cm³/mol. The Morgan fingerprint density at radius 2 is 2.10 bits per heavy atom. The highest BCUT2D eigenvalue weighted by Gasteiger charge is 2.48. The highest BCUT2D eigenvalue weighted by Crippen LogP contribution is 2.37. The first-order valence-corrected chi connectivity index (χ1v) is 8.99. The summed E-state index contributed by atoms with van der Waals surface area (Å²) in [6.07, 6.45) is -0.377. The molecule has 2 heterocycles. The Hall–Kier alpha value is -1.09. The van der Waals surface area contributed by atoms with E-state index in [1.54, 1.807) is 0 Å². The van der Waals surface area contributed by atoms with Crippen molar-refractivity contribution >= 4 is 38.6 Å². The van der Waals surface area contributed by atoms with Crippen molar-refractivity contribution in [1.82, 2.24) is 4.90 Å². The Morgan fingerprint density at radius 3 is 2.70 bits per heavy atom.